The van der Waals surface area contributed by atoms with Crippen LogP contribution in [0.2, 0.25) is 0 Å². The second kappa shape index (κ2) is 8.56. The number of alkyl halides is 3. The largest absolute Gasteiger partial charge is 0.405 e. The molecule has 10 heteroatoms. The van der Waals surface area contributed by atoms with E-state index in [1.54, 1.807) is 29.7 Å². The molecule has 31 heavy (non-hydrogen) atoms. The van der Waals surface area contributed by atoms with Crippen molar-refractivity contribution in [1.82, 2.24) is 20.2 Å². The van der Waals surface area contributed by atoms with Gasteiger partial charge < -0.3 is 15.8 Å². The van der Waals surface area contributed by atoms with Crippen molar-refractivity contribution in [2.24, 2.45) is 5.92 Å². The predicted octanol–water partition coefficient (Wildman–Crippen LogP) is 4.51. The smallest absolute Gasteiger partial charge is 0.329 e. The van der Waals surface area contributed by atoms with Crippen LogP contribution in [0.3, 0.4) is 0 Å². The molecule has 2 aromatic heterocycles. The summed E-state index contributed by atoms with van der Waals surface area (Å²) >= 11 is 0. The number of anilines is 1. The number of hydrogen-bond acceptors (Lipinski definition) is 4. The van der Waals surface area contributed by atoms with Crippen LogP contribution in [0.4, 0.5) is 23.7 Å². The zero-order valence-corrected chi connectivity index (χ0v) is 16.5. The molecule has 0 aliphatic heterocycles. The first-order valence-electron chi connectivity index (χ1n) is 9.91. The van der Waals surface area contributed by atoms with Gasteiger partial charge in [-0.25, -0.2) is 9.78 Å². The highest BCUT2D eigenvalue weighted by Gasteiger charge is 2.28. The first kappa shape index (κ1) is 21.1. The highest BCUT2D eigenvalue weighted by Crippen LogP contribution is 2.37. The van der Waals surface area contributed by atoms with Crippen molar-refractivity contribution in [3.63, 3.8) is 0 Å². The molecule has 1 aliphatic rings. The van der Waals surface area contributed by atoms with E-state index in [0.29, 0.717) is 17.3 Å². The number of nitrogens with zero attached hydrogens (tertiary/aromatic N) is 2. The number of benzene rings is 1. The molecule has 1 fully saturated rings. The van der Waals surface area contributed by atoms with E-state index >= 15 is 0 Å². The number of pyridine rings is 1. The van der Waals surface area contributed by atoms with Crippen LogP contribution in [-0.4, -0.2) is 33.3 Å². The van der Waals surface area contributed by atoms with Crippen molar-refractivity contribution in [1.29, 1.82) is 0 Å². The van der Waals surface area contributed by atoms with Crippen LogP contribution < -0.4 is 16.1 Å². The second-order valence-corrected chi connectivity index (χ2v) is 7.70. The van der Waals surface area contributed by atoms with Crippen LogP contribution in [0.5, 0.6) is 0 Å². The molecular formula is C21H22F3N5O2. The molecule has 0 bridgehead atoms. The van der Waals surface area contributed by atoms with Crippen LogP contribution in [0.25, 0.3) is 16.9 Å². The summed E-state index contributed by atoms with van der Waals surface area (Å²) in [5, 5.41) is 13.7. The molecule has 2 heterocycles. The van der Waals surface area contributed by atoms with E-state index < -0.39 is 18.8 Å². The Morgan fingerprint density at radius 3 is 2.77 bits per heavy atom. The number of halogens is 3. The van der Waals surface area contributed by atoms with E-state index in [0.717, 1.165) is 23.2 Å². The van der Waals surface area contributed by atoms with Gasteiger partial charge in [0.1, 0.15) is 12.2 Å². The highest BCUT2D eigenvalue weighted by molar-refractivity contribution is 5.90. The van der Waals surface area contributed by atoms with Crippen molar-refractivity contribution in [2.45, 2.75) is 31.5 Å². The molecule has 0 saturated heterocycles. The van der Waals surface area contributed by atoms with Crippen molar-refractivity contribution in [3.8, 4) is 11.3 Å². The number of amides is 2. The van der Waals surface area contributed by atoms with E-state index in [1.165, 1.54) is 12.8 Å². The summed E-state index contributed by atoms with van der Waals surface area (Å²) in [6.07, 6.45) is 2.31. The summed E-state index contributed by atoms with van der Waals surface area (Å²) in [5.41, 5.74) is 5.88. The maximum Gasteiger partial charge on any atom is 0.405 e. The SMILES string of the molecule is O=C(NCC(F)(F)F)Nc1cccc(-c2cnc3cc(C(CC4CC4)NO)ccn23)c1. The fraction of sp³-hybridized carbons (Fsp3) is 0.333. The topological polar surface area (TPSA) is 90.7 Å². The Labute approximate surface area is 176 Å². The number of hydrogen-bond donors (Lipinski definition) is 4. The second-order valence-electron chi connectivity index (χ2n) is 7.70. The zero-order valence-electron chi connectivity index (χ0n) is 16.5. The molecule has 2 amide bonds. The average Bonchev–Trinajstić information content (AvgIpc) is 3.46. The van der Waals surface area contributed by atoms with E-state index in [-0.39, 0.29) is 6.04 Å². The maximum absolute atomic E-state index is 12.2. The summed E-state index contributed by atoms with van der Waals surface area (Å²) in [6, 6.07) is 9.51. The third-order valence-corrected chi connectivity index (χ3v) is 5.23. The Hall–Kier alpha value is -3.11. The molecule has 164 valence electrons. The molecule has 1 saturated carbocycles. The van der Waals surface area contributed by atoms with Gasteiger partial charge in [0.05, 0.1) is 17.9 Å². The number of rotatable bonds is 7. The molecule has 0 radical (unpaired) electrons. The van der Waals surface area contributed by atoms with Crippen LogP contribution in [0, 0.1) is 5.92 Å². The zero-order chi connectivity index (χ0) is 22.0. The van der Waals surface area contributed by atoms with Crippen LogP contribution in [0.15, 0.2) is 48.8 Å². The lowest BCUT2D eigenvalue weighted by molar-refractivity contribution is -0.122. The van der Waals surface area contributed by atoms with Crippen molar-refractivity contribution >= 4 is 17.4 Å². The number of hydroxylamine groups is 1. The number of carbonyl (C=O) groups excluding carboxylic acids is 1. The van der Waals surface area contributed by atoms with Crippen LogP contribution in [-0.2, 0) is 0 Å². The molecule has 1 aliphatic carbocycles. The number of urea groups is 1. The predicted molar refractivity (Wildman–Crippen MR) is 109 cm³/mol. The lowest BCUT2D eigenvalue weighted by Crippen LogP contribution is -2.36. The number of carbonyl (C=O) groups is 1. The summed E-state index contributed by atoms with van der Waals surface area (Å²) in [4.78, 5) is 16.2. The van der Waals surface area contributed by atoms with Gasteiger partial charge in [-0.05, 0) is 42.2 Å². The van der Waals surface area contributed by atoms with Gasteiger partial charge >= 0.3 is 12.2 Å². The fourth-order valence-corrected chi connectivity index (χ4v) is 3.49. The standard InChI is InChI=1S/C21H22F3N5O2/c22-21(23,24)12-26-20(30)27-16-3-1-2-15(9-16)18-11-25-19-10-14(6-7-29(18)19)17(28-31)8-13-4-5-13/h1-3,6-7,9-11,13,17,28,31H,4-5,8,12H2,(H2,26,27,30). The summed E-state index contributed by atoms with van der Waals surface area (Å²) in [5.74, 6) is 0.639. The van der Waals surface area contributed by atoms with Crippen molar-refractivity contribution < 1.29 is 23.2 Å². The number of aromatic nitrogens is 2. The maximum atomic E-state index is 12.2. The van der Waals surface area contributed by atoms with Gasteiger partial charge in [0.15, 0.2) is 0 Å². The van der Waals surface area contributed by atoms with E-state index in [1.807, 2.05) is 28.8 Å². The van der Waals surface area contributed by atoms with Crippen LogP contribution in [0.1, 0.15) is 30.9 Å². The Morgan fingerprint density at radius 2 is 2.06 bits per heavy atom. The number of nitrogens with one attached hydrogen (secondary N) is 3. The minimum absolute atomic E-state index is 0.152. The van der Waals surface area contributed by atoms with Gasteiger partial charge in [0.2, 0.25) is 0 Å². The van der Waals surface area contributed by atoms with E-state index in [4.69, 9.17) is 0 Å². The third kappa shape index (κ3) is 5.33. The van der Waals surface area contributed by atoms with Crippen molar-refractivity contribution in [3.05, 3.63) is 54.4 Å². The third-order valence-electron chi connectivity index (χ3n) is 5.23. The van der Waals surface area contributed by atoms with Gasteiger partial charge in [-0.2, -0.15) is 18.7 Å². The molecule has 4 N–H and O–H groups in total. The summed E-state index contributed by atoms with van der Waals surface area (Å²) < 4.78 is 38.6. The van der Waals surface area contributed by atoms with E-state index in [9.17, 15) is 23.2 Å². The number of fused-ring (bicyclic) bond motifs is 1. The van der Waals surface area contributed by atoms with Gasteiger partial charge in [-0.15, -0.1) is 0 Å². The normalized spacial score (nSPS) is 15.1. The lowest BCUT2D eigenvalue weighted by atomic mass is 10.0. The first-order chi connectivity index (χ1) is 14.8. The Balaban J connectivity index is 1.52. The Kier molecular flexibility index (Phi) is 5.84. The molecule has 1 aromatic carbocycles. The average molecular weight is 433 g/mol. The molecule has 1 atom stereocenters. The Morgan fingerprint density at radius 1 is 1.26 bits per heavy atom. The quantitative estimate of drug-likeness (QED) is 0.413. The molecule has 1 unspecified atom stereocenters. The molecule has 7 nitrogen and oxygen atoms in total. The van der Waals surface area contributed by atoms with Gasteiger partial charge in [0, 0.05) is 17.4 Å². The minimum atomic E-state index is -4.47. The van der Waals surface area contributed by atoms with E-state index in [2.05, 4.69) is 15.8 Å². The summed E-state index contributed by atoms with van der Waals surface area (Å²) in [7, 11) is 0. The Bertz CT molecular complexity index is 1080. The lowest BCUT2D eigenvalue weighted by Gasteiger charge is -2.15. The molecular weight excluding hydrogens is 411 g/mol. The minimum Gasteiger partial charge on any atom is -0.329 e. The first-order valence-corrected chi connectivity index (χ1v) is 9.91. The fourth-order valence-electron chi connectivity index (χ4n) is 3.49. The van der Waals surface area contributed by atoms with Gasteiger partial charge in [-0.3, -0.25) is 4.40 Å². The van der Waals surface area contributed by atoms with Crippen molar-refractivity contribution in [2.75, 3.05) is 11.9 Å². The molecule has 3 aromatic rings. The number of imidazole rings is 1. The molecule has 4 rings (SSSR count). The molecule has 0 spiro atoms. The van der Waals surface area contributed by atoms with Gasteiger partial charge in [0.25, 0.3) is 0 Å². The van der Waals surface area contributed by atoms with Crippen LogP contribution >= 0.6 is 0 Å². The summed E-state index contributed by atoms with van der Waals surface area (Å²) in [6.45, 7) is -1.40. The monoisotopic (exact) mass is 433 g/mol. The highest BCUT2D eigenvalue weighted by atomic mass is 19.4. The van der Waals surface area contributed by atoms with Gasteiger partial charge in [-0.1, -0.05) is 25.0 Å².